The summed E-state index contributed by atoms with van der Waals surface area (Å²) in [6, 6.07) is 4.30. The third-order valence-electron chi connectivity index (χ3n) is 4.38. The molecule has 1 fully saturated rings. The minimum atomic E-state index is -0.298. The van der Waals surface area contributed by atoms with E-state index < -0.39 is 0 Å². The summed E-state index contributed by atoms with van der Waals surface area (Å²) < 4.78 is 5.83. The Hall–Kier alpha value is -1.45. The van der Waals surface area contributed by atoms with Gasteiger partial charge in [-0.1, -0.05) is 20.3 Å². The van der Waals surface area contributed by atoms with E-state index in [9.17, 15) is 0 Å². The molecule has 1 aromatic rings. The van der Waals surface area contributed by atoms with Crippen LogP contribution in [0.1, 0.15) is 53.9 Å². The summed E-state index contributed by atoms with van der Waals surface area (Å²) in [5.74, 6) is 2.88. The lowest BCUT2D eigenvalue weighted by molar-refractivity contribution is 0.125. The van der Waals surface area contributed by atoms with Crippen LogP contribution in [0.2, 0.25) is 0 Å². The highest BCUT2D eigenvalue weighted by Crippen LogP contribution is 2.36. The first kappa shape index (κ1) is 15.9. The van der Waals surface area contributed by atoms with Crippen molar-refractivity contribution >= 4 is 11.5 Å². The van der Waals surface area contributed by atoms with Crippen LogP contribution in [0.5, 0.6) is 5.88 Å². The smallest absolute Gasteiger partial charge is 0.239 e. The minimum absolute atomic E-state index is 0.298. The molecule has 0 radical (unpaired) electrons. The van der Waals surface area contributed by atoms with Crippen molar-refractivity contribution < 1.29 is 4.74 Å². The van der Waals surface area contributed by atoms with Crippen LogP contribution in [-0.4, -0.2) is 16.6 Å². The number of pyridine rings is 1. The number of hydrogen-bond acceptors (Lipinski definition) is 4. The third kappa shape index (κ3) is 4.02. The van der Waals surface area contributed by atoms with Crippen molar-refractivity contribution in [2.75, 3.05) is 11.1 Å². The van der Waals surface area contributed by atoms with Gasteiger partial charge in [0.15, 0.2) is 0 Å². The highest BCUT2D eigenvalue weighted by atomic mass is 16.5. The molecule has 4 heteroatoms. The quantitative estimate of drug-likeness (QED) is 0.877. The molecule has 1 aliphatic rings. The van der Waals surface area contributed by atoms with Gasteiger partial charge in [-0.3, -0.25) is 0 Å². The first-order valence-electron chi connectivity index (χ1n) is 8.02. The van der Waals surface area contributed by atoms with Crippen LogP contribution in [0.15, 0.2) is 12.1 Å². The average molecular weight is 291 g/mol. The van der Waals surface area contributed by atoms with Gasteiger partial charge in [0.25, 0.3) is 0 Å². The monoisotopic (exact) mass is 291 g/mol. The second kappa shape index (κ2) is 6.12. The number of nitrogen functional groups attached to an aromatic ring is 1. The van der Waals surface area contributed by atoms with Crippen molar-refractivity contribution in [3.05, 3.63) is 12.1 Å². The van der Waals surface area contributed by atoms with Crippen LogP contribution in [0.25, 0.3) is 0 Å². The van der Waals surface area contributed by atoms with Crippen LogP contribution in [0.3, 0.4) is 0 Å². The van der Waals surface area contributed by atoms with E-state index in [2.05, 4.69) is 24.1 Å². The predicted molar refractivity (Wildman–Crippen MR) is 88.6 cm³/mol. The molecule has 3 N–H and O–H groups in total. The molecule has 118 valence electrons. The molecule has 0 spiro atoms. The van der Waals surface area contributed by atoms with E-state index in [4.69, 9.17) is 10.5 Å². The zero-order valence-corrected chi connectivity index (χ0v) is 13.9. The highest BCUT2D eigenvalue weighted by Gasteiger charge is 2.31. The summed E-state index contributed by atoms with van der Waals surface area (Å²) in [6.07, 6.45) is 3.77. The predicted octanol–water partition coefficient (Wildman–Crippen LogP) is 4.08. The topological polar surface area (TPSA) is 60.2 Å². The number of hydrogen-bond donors (Lipinski definition) is 2. The molecule has 1 aliphatic carbocycles. The minimum Gasteiger partial charge on any atom is -0.470 e. The largest absolute Gasteiger partial charge is 0.470 e. The van der Waals surface area contributed by atoms with Crippen molar-refractivity contribution in [2.24, 2.45) is 11.8 Å². The number of nitrogens with zero attached hydrogens (tertiary/aromatic N) is 1. The van der Waals surface area contributed by atoms with Gasteiger partial charge in [-0.25, -0.2) is 0 Å². The number of rotatable bonds is 4. The molecule has 2 rings (SSSR count). The zero-order chi connectivity index (χ0) is 15.6. The van der Waals surface area contributed by atoms with Gasteiger partial charge in [-0.05, 0) is 57.6 Å². The van der Waals surface area contributed by atoms with E-state index in [0.717, 1.165) is 11.7 Å². The van der Waals surface area contributed by atoms with Gasteiger partial charge < -0.3 is 15.8 Å². The first-order chi connectivity index (χ1) is 9.80. The lowest BCUT2D eigenvalue weighted by Crippen LogP contribution is -2.26. The Labute approximate surface area is 128 Å². The number of nitrogens with two attached hydrogens (primary N) is 1. The van der Waals surface area contributed by atoms with E-state index in [-0.39, 0.29) is 5.60 Å². The van der Waals surface area contributed by atoms with Crippen LogP contribution in [-0.2, 0) is 0 Å². The standard InChI is InChI=1S/C17H29N3O/c1-6-12-7-9-14(11(12)2)19-15-10-8-13(18)16(20-15)21-17(3,4)5/h8,10-12,14H,6-7,9,18H2,1-5H3,(H,19,20). The maximum absolute atomic E-state index is 5.96. The van der Waals surface area contributed by atoms with Crippen molar-refractivity contribution in [3.8, 4) is 5.88 Å². The Morgan fingerprint density at radius 1 is 1.33 bits per heavy atom. The molecule has 3 atom stereocenters. The molecule has 3 unspecified atom stereocenters. The van der Waals surface area contributed by atoms with Gasteiger partial charge in [-0.15, -0.1) is 0 Å². The van der Waals surface area contributed by atoms with Gasteiger partial charge in [0.2, 0.25) is 5.88 Å². The molecule has 21 heavy (non-hydrogen) atoms. The molecule has 0 aliphatic heterocycles. The Bertz CT molecular complexity index is 481. The fourth-order valence-corrected chi connectivity index (χ4v) is 3.12. The summed E-state index contributed by atoms with van der Waals surface area (Å²) in [7, 11) is 0. The van der Waals surface area contributed by atoms with E-state index >= 15 is 0 Å². The number of anilines is 2. The van der Waals surface area contributed by atoms with Gasteiger partial charge >= 0.3 is 0 Å². The van der Waals surface area contributed by atoms with Gasteiger partial charge in [-0.2, -0.15) is 4.98 Å². The molecule has 0 aromatic carbocycles. The third-order valence-corrected chi connectivity index (χ3v) is 4.38. The molecular weight excluding hydrogens is 262 g/mol. The Morgan fingerprint density at radius 2 is 2.05 bits per heavy atom. The second-order valence-electron chi connectivity index (χ2n) is 7.16. The highest BCUT2D eigenvalue weighted by molar-refractivity contribution is 5.54. The molecule has 0 saturated heterocycles. The van der Waals surface area contributed by atoms with Crippen LogP contribution < -0.4 is 15.8 Å². The van der Waals surface area contributed by atoms with Gasteiger partial charge in [0.05, 0.1) is 5.69 Å². The van der Waals surface area contributed by atoms with Crippen molar-refractivity contribution in [1.29, 1.82) is 0 Å². The van der Waals surface area contributed by atoms with E-state index in [1.165, 1.54) is 19.3 Å². The van der Waals surface area contributed by atoms with E-state index in [1.54, 1.807) is 0 Å². The van der Waals surface area contributed by atoms with Gasteiger partial charge in [0, 0.05) is 6.04 Å². The van der Waals surface area contributed by atoms with E-state index in [0.29, 0.717) is 23.5 Å². The number of aromatic nitrogens is 1. The normalized spacial score (nSPS) is 25.9. The van der Waals surface area contributed by atoms with E-state index in [1.807, 2.05) is 32.9 Å². The Morgan fingerprint density at radius 3 is 2.62 bits per heavy atom. The molecule has 4 nitrogen and oxygen atoms in total. The maximum atomic E-state index is 5.96. The Balaban J connectivity index is 2.09. The molecule has 1 heterocycles. The lowest BCUT2D eigenvalue weighted by Gasteiger charge is -2.24. The number of ether oxygens (including phenoxy) is 1. The summed E-state index contributed by atoms with van der Waals surface area (Å²) in [6.45, 7) is 10.6. The summed E-state index contributed by atoms with van der Waals surface area (Å²) in [5.41, 5.74) is 6.25. The second-order valence-corrected chi connectivity index (χ2v) is 7.16. The average Bonchev–Trinajstić information content (AvgIpc) is 2.73. The van der Waals surface area contributed by atoms with Gasteiger partial charge in [0.1, 0.15) is 11.4 Å². The fraction of sp³-hybridized carbons (Fsp3) is 0.706. The summed E-state index contributed by atoms with van der Waals surface area (Å²) in [4.78, 5) is 4.55. The van der Waals surface area contributed by atoms with Crippen molar-refractivity contribution in [3.63, 3.8) is 0 Å². The molecule has 1 saturated carbocycles. The lowest BCUT2D eigenvalue weighted by atomic mass is 9.93. The fourth-order valence-electron chi connectivity index (χ4n) is 3.12. The molecule has 0 bridgehead atoms. The summed E-state index contributed by atoms with van der Waals surface area (Å²) in [5, 5.41) is 3.56. The zero-order valence-electron chi connectivity index (χ0n) is 13.9. The molecular formula is C17H29N3O. The number of nitrogens with one attached hydrogen (secondary N) is 1. The molecule has 0 amide bonds. The maximum Gasteiger partial charge on any atom is 0.239 e. The summed E-state index contributed by atoms with van der Waals surface area (Å²) >= 11 is 0. The van der Waals surface area contributed by atoms with Crippen LogP contribution >= 0.6 is 0 Å². The Kier molecular flexibility index (Phi) is 4.64. The van der Waals surface area contributed by atoms with Crippen LogP contribution in [0.4, 0.5) is 11.5 Å². The first-order valence-corrected chi connectivity index (χ1v) is 8.02. The van der Waals surface area contributed by atoms with Crippen molar-refractivity contribution in [2.45, 2.75) is 65.5 Å². The SMILES string of the molecule is CCC1CCC(Nc2ccc(N)c(OC(C)(C)C)n2)C1C. The van der Waals surface area contributed by atoms with Crippen LogP contribution in [0, 0.1) is 11.8 Å². The molecule has 1 aromatic heterocycles. The van der Waals surface area contributed by atoms with Crippen molar-refractivity contribution in [1.82, 2.24) is 4.98 Å².